The van der Waals surface area contributed by atoms with Gasteiger partial charge in [0.15, 0.2) is 0 Å². The second-order valence-corrected chi connectivity index (χ2v) is 7.56. The van der Waals surface area contributed by atoms with E-state index in [1.54, 1.807) is 22.6 Å². The van der Waals surface area contributed by atoms with Crippen molar-refractivity contribution >= 4 is 45.9 Å². The molecule has 2 aliphatic rings. The molecule has 1 saturated carbocycles. The summed E-state index contributed by atoms with van der Waals surface area (Å²) < 4.78 is 41.4. The van der Waals surface area contributed by atoms with Gasteiger partial charge in [-0.2, -0.15) is 18.2 Å². The van der Waals surface area contributed by atoms with Gasteiger partial charge in [0.05, 0.1) is 16.2 Å². The number of nitro benzene ring substituents is 1. The molecule has 3 rings (SSSR count). The van der Waals surface area contributed by atoms with Crippen LogP contribution in [-0.4, -0.2) is 22.5 Å². The standard InChI is InChI=1S/C15H16F3IN6O2/c16-15(17,18)9-6-8(25(26)27)7-10(19)11(9)24-13(21)22-12(20)23-14(24)4-2-1-3-5-14/h6-7H,1-5H2,(H4,20,21,22,23). The number of aliphatic imine (C=N–C) groups is 2. The van der Waals surface area contributed by atoms with Crippen LogP contribution < -0.4 is 16.4 Å². The Labute approximate surface area is 165 Å². The molecule has 1 fully saturated rings. The first-order valence-electron chi connectivity index (χ1n) is 8.10. The van der Waals surface area contributed by atoms with Crippen LogP contribution >= 0.6 is 22.6 Å². The first-order valence-corrected chi connectivity index (χ1v) is 9.18. The van der Waals surface area contributed by atoms with Gasteiger partial charge in [-0.3, -0.25) is 15.0 Å². The van der Waals surface area contributed by atoms with Gasteiger partial charge in [-0.1, -0.05) is 6.42 Å². The Morgan fingerprint density at radius 1 is 1.22 bits per heavy atom. The average molecular weight is 496 g/mol. The van der Waals surface area contributed by atoms with Crippen molar-refractivity contribution in [2.24, 2.45) is 21.5 Å². The monoisotopic (exact) mass is 496 g/mol. The number of guanidine groups is 2. The number of benzene rings is 1. The van der Waals surface area contributed by atoms with E-state index in [0.29, 0.717) is 18.9 Å². The van der Waals surface area contributed by atoms with E-state index >= 15 is 0 Å². The topological polar surface area (TPSA) is 123 Å². The molecular formula is C15H16F3IN6O2. The minimum absolute atomic E-state index is 0.0351. The number of rotatable bonds is 2. The zero-order valence-corrected chi connectivity index (χ0v) is 16.1. The lowest BCUT2D eigenvalue weighted by Crippen LogP contribution is -2.59. The van der Waals surface area contributed by atoms with Crippen molar-refractivity contribution in [2.45, 2.75) is 43.9 Å². The van der Waals surface area contributed by atoms with Crippen molar-refractivity contribution in [1.82, 2.24) is 0 Å². The van der Waals surface area contributed by atoms with E-state index in [-0.39, 0.29) is 21.2 Å². The van der Waals surface area contributed by atoms with Crippen molar-refractivity contribution in [3.63, 3.8) is 0 Å². The van der Waals surface area contributed by atoms with E-state index in [1.165, 1.54) is 4.90 Å². The third-order valence-electron chi connectivity index (χ3n) is 4.64. The average Bonchev–Trinajstić information content (AvgIpc) is 2.54. The largest absolute Gasteiger partial charge is 0.418 e. The highest BCUT2D eigenvalue weighted by atomic mass is 127. The molecule has 1 aromatic carbocycles. The third kappa shape index (κ3) is 3.53. The number of alkyl halides is 3. The first-order chi connectivity index (χ1) is 12.5. The molecule has 27 heavy (non-hydrogen) atoms. The molecule has 1 heterocycles. The summed E-state index contributed by atoms with van der Waals surface area (Å²) in [5.41, 5.74) is 8.57. The van der Waals surface area contributed by atoms with Gasteiger partial charge in [0.1, 0.15) is 5.66 Å². The van der Waals surface area contributed by atoms with E-state index in [9.17, 15) is 23.3 Å². The maximum absolute atomic E-state index is 13.8. The summed E-state index contributed by atoms with van der Waals surface area (Å²) in [5.74, 6) is -0.294. The molecule has 1 spiro atoms. The number of nitrogens with zero attached hydrogens (tertiary/aromatic N) is 4. The van der Waals surface area contributed by atoms with Gasteiger partial charge in [0.2, 0.25) is 11.9 Å². The predicted octanol–water partition coefficient (Wildman–Crippen LogP) is 3.33. The van der Waals surface area contributed by atoms with Gasteiger partial charge in [0, 0.05) is 15.7 Å². The Bertz CT molecular complexity index is 849. The highest BCUT2D eigenvalue weighted by Gasteiger charge is 2.47. The van der Waals surface area contributed by atoms with Crippen LogP contribution in [0.25, 0.3) is 0 Å². The number of hydrogen-bond donors (Lipinski definition) is 2. The molecule has 12 heteroatoms. The van der Waals surface area contributed by atoms with Crippen molar-refractivity contribution in [3.8, 4) is 0 Å². The fraction of sp³-hybridized carbons (Fsp3) is 0.467. The van der Waals surface area contributed by atoms with Crippen LogP contribution in [0.15, 0.2) is 22.1 Å². The van der Waals surface area contributed by atoms with Crippen LogP contribution in [-0.2, 0) is 6.18 Å². The fourth-order valence-corrected chi connectivity index (χ4v) is 4.43. The lowest BCUT2D eigenvalue weighted by molar-refractivity contribution is -0.385. The van der Waals surface area contributed by atoms with Gasteiger partial charge in [-0.05, 0) is 48.3 Å². The van der Waals surface area contributed by atoms with Crippen molar-refractivity contribution in [3.05, 3.63) is 31.4 Å². The zero-order chi connectivity index (χ0) is 20.0. The number of nitro groups is 1. The third-order valence-corrected chi connectivity index (χ3v) is 5.46. The molecule has 4 N–H and O–H groups in total. The molecule has 0 radical (unpaired) electrons. The van der Waals surface area contributed by atoms with Crippen molar-refractivity contribution in [2.75, 3.05) is 4.90 Å². The van der Waals surface area contributed by atoms with Gasteiger partial charge >= 0.3 is 6.18 Å². The van der Waals surface area contributed by atoms with E-state index in [4.69, 9.17) is 11.5 Å². The Hall–Kier alpha value is -2.12. The van der Waals surface area contributed by atoms with Crippen LogP contribution in [0, 0.1) is 13.7 Å². The summed E-state index contributed by atoms with van der Waals surface area (Å²) in [4.78, 5) is 19.7. The number of anilines is 1. The Balaban J connectivity index is 2.27. The minimum atomic E-state index is -4.83. The number of halogens is 4. The fourth-order valence-electron chi connectivity index (χ4n) is 3.58. The maximum atomic E-state index is 13.8. The Morgan fingerprint density at radius 3 is 2.41 bits per heavy atom. The smallest absolute Gasteiger partial charge is 0.369 e. The number of nitrogens with two attached hydrogens (primary N) is 2. The summed E-state index contributed by atoms with van der Waals surface area (Å²) in [6.45, 7) is 0. The summed E-state index contributed by atoms with van der Waals surface area (Å²) in [7, 11) is 0. The predicted molar refractivity (Wildman–Crippen MR) is 102 cm³/mol. The highest BCUT2D eigenvalue weighted by Crippen LogP contribution is 2.47. The quantitative estimate of drug-likeness (QED) is 0.370. The van der Waals surface area contributed by atoms with Crippen LogP contribution in [0.4, 0.5) is 24.5 Å². The van der Waals surface area contributed by atoms with Gasteiger partial charge < -0.3 is 11.5 Å². The SMILES string of the molecule is NC1=NC2(CCCCC2)N(c2c(I)cc([N+](=O)[O-])cc2C(F)(F)F)C(N)=N1. The number of hydrogen-bond acceptors (Lipinski definition) is 7. The minimum Gasteiger partial charge on any atom is -0.369 e. The second-order valence-electron chi connectivity index (χ2n) is 6.40. The first kappa shape index (κ1) is 19.6. The van der Waals surface area contributed by atoms with Crippen LogP contribution in [0.5, 0.6) is 0 Å². The molecule has 0 amide bonds. The molecule has 0 unspecified atom stereocenters. The Kier molecular flexibility index (Phi) is 4.94. The molecule has 8 nitrogen and oxygen atoms in total. The lowest BCUT2D eigenvalue weighted by Gasteiger charge is -2.46. The zero-order valence-electron chi connectivity index (χ0n) is 14.0. The van der Waals surface area contributed by atoms with Crippen LogP contribution in [0.2, 0.25) is 0 Å². The van der Waals surface area contributed by atoms with E-state index in [0.717, 1.165) is 25.3 Å². The highest BCUT2D eigenvalue weighted by molar-refractivity contribution is 14.1. The summed E-state index contributed by atoms with van der Waals surface area (Å²) in [6.07, 6.45) is -1.52. The maximum Gasteiger partial charge on any atom is 0.418 e. The van der Waals surface area contributed by atoms with E-state index in [1.807, 2.05) is 0 Å². The van der Waals surface area contributed by atoms with Crippen LogP contribution in [0.1, 0.15) is 37.7 Å². The summed E-state index contributed by atoms with van der Waals surface area (Å²) >= 11 is 1.65. The van der Waals surface area contributed by atoms with Gasteiger partial charge in [-0.25, -0.2) is 4.99 Å². The Morgan fingerprint density at radius 2 is 1.85 bits per heavy atom. The van der Waals surface area contributed by atoms with Crippen molar-refractivity contribution in [1.29, 1.82) is 0 Å². The molecule has 1 aliphatic carbocycles. The molecule has 0 aromatic heterocycles. The van der Waals surface area contributed by atoms with Gasteiger partial charge in [-0.15, -0.1) is 0 Å². The molecule has 0 atom stereocenters. The molecule has 0 saturated heterocycles. The molecule has 1 aliphatic heterocycles. The lowest BCUT2D eigenvalue weighted by atomic mass is 9.87. The molecule has 146 valence electrons. The summed E-state index contributed by atoms with van der Waals surface area (Å²) in [5, 5.41) is 11.1. The van der Waals surface area contributed by atoms with E-state index in [2.05, 4.69) is 9.98 Å². The number of non-ortho nitro benzene ring substituents is 1. The molecular weight excluding hydrogens is 480 g/mol. The summed E-state index contributed by atoms with van der Waals surface area (Å²) in [6, 6.07) is 1.60. The van der Waals surface area contributed by atoms with E-state index < -0.39 is 28.0 Å². The molecule has 1 aromatic rings. The normalized spacial score (nSPS) is 19.6. The van der Waals surface area contributed by atoms with Crippen molar-refractivity contribution < 1.29 is 18.1 Å². The molecule has 0 bridgehead atoms. The van der Waals surface area contributed by atoms with Gasteiger partial charge in [0.25, 0.3) is 5.69 Å². The second kappa shape index (κ2) is 6.80. The van der Waals surface area contributed by atoms with Crippen LogP contribution in [0.3, 0.4) is 0 Å².